The van der Waals surface area contributed by atoms with Crippen molar-refractivity contribution in [3.8, 4) is 5.75 Å². The summed E-state index contributed by atoms with van der Waals surface area (Å²) in [7, 11) is 0. The first-order valence-electron chi connectivity index (χ1n) is 7.28. The fourth-order valence-electron chi connectivity index (χ4n) is 1.64. The summed E-state index contributed by atoms with van der Waals surface area (Å²) in [5.41, 5.74) is 0. The summed E-state index contributed by atoms with van der Waals surface area (Å²) >= 11 is 1.33. The fourth-order valence-corrected chi connectivity index (χ4v) is 2.38. The molecule has 0 fully saturated rings. The van der Waals surface area contributed by atoms with Gasteiger partial charge in [0.05, 0.1) is 0 Å². The van der Waals surface area contributed by atoms with Crippen molar-refractivity contribution < 1.29 is 14.6 Å². The number of amides is 2. The Balaban J connectivity index is 1.68. The van der Waals surface area contributed by atoms with Crippen LogP contribution in [0, 0.1) is 0 Å². The van der Waals surface area contributed by atoms with E-state index in [1.807, 2.05) is 32.0 Å². The number of ether oxygens (including phenoxy) is 1. The smallest absolute Gasteiger partial charge is 0.321 e. The number of carbonyl (C=O) groups excluding carboxylic acids is 1. The van der Waals surface area contributed by atoms with Crippen molar-refractivity contribution >= 4 is 22.5 Å². The number of rotatable bonds is 7. The number of anilines is 1. The second kappa shape index (κ2) is 8.44. The maximum atomic E-state index is 11.7. The van der Waals surface area contributed by atoms with E-state index in [1.165, 1.54) is 11.3 Å². The van der Waals surface area contributed by atoms with E-state index in [0.29, 0.717) is 10.9 Å². The van der Waals surface area contributed by atoms with Crippen LogP contribution in [-0.4, -0.2) is 40.6 Å². The summed E-state index contributed by atoms with van der Waals surface area (Å²) in [6, 6.07) is 8.74. The van der Waals surface area contributed by atoms with Gasteiger partial charge in [-0.25, -0.2) is 4.79 Å². The van der Waals surface area contributed by atoms with Gasteiger partial charge in [0, 0.05) is 12.5 Å². The van der Waals surface area contributed by atoms with Gasteiger partial charge in [0.2, 0.25) is 5.13 Å². The fraction of sp³-hybridized carbons (Fsp3) is 0.400. The number of aliphatic hydroxyl groups excluding tert-OH is 1. The molecule has 1 atom stereocenters. The van der Waals surface area contributed by atoms with Gasteiger partial charge < -0.3 is 15.2 Å². The number of benzene rings is 1. The van der Waals surface area contributed by atoms with Crippen molar-refractivity contribution in [2.75, 3.05) is 18.5 Å². The highest BCUT2D eigenvalue weighted by Gasteiger charge is 2.12. The minimum absolute atomic E-state index is 0.0779. The lowest BCUT2D eigenvalue weighted by Gasteiger charge is -2.13. The van der Waals surface area contributed by atoms with Crippen LogP contribution in [0.1, 0.15) is 24.8 Å². The van der Waals surface area contributed by atoms with E-state index < -0.39 is 12.1 Å². The number of nitrogens with one attached hydrogen (secondary N) is 2. The molecule has 0 bridgehead atoms. The van der Waals surface area contributed by atoms with Crippen LogP contribution >= 0.6 is 11.3 Å². The molecule has 0 radical (unpaired) electrons. The summed E-state index contributed by atoms with van der Waals surface area (Å²) in [5, 5.41) is 24.1. The van der Waals surface area contributed by atoms with Gasteiger partial charge in [-0.15, -0.1) is 10.2 Å². The zero-order valence-electron chi connectivity index (χ0n) is 13.0. The number of urea groups is 1. The monoisotopic (exact) mass is 336 g/mol. The number of hydrogen-bond donors (Lipinski definition) is 3. The predicted molar refractivity (Wildman–Crippen MR) is 89.0 cm³/mol. The number of nitrogens with zero attached hydrogens (tertiary/aromatic N) is 2. The van der Waals surface area contributed by atoms with Gasteiger partial charge in [-0.3, -0.25) is 5.32 Å². The summed E-state index contributed by atoms with van der Waals surface area (Å²) < 4.78 is 5.41. The van der Waals surface area contributed by atoms with Gasteiger partial charge in [-0.05, 0) is 12.1 Å². The maximum Gasteiger partial charge on any atom is 0.321 e. The Hall–Kier alpha value is -2.19. The van der Waals surface area contributed by atoms with E-state index in [2.05, 4.69) is 20.8 Å². The number of hydrogen-bond acceptors (Lipinski definition) is 6. The second-order valence-corrected chi connectivity index (χ2v) is 6.22. The first-order valence-corrected chi connectivity index (χ1v) is 8.10. The van der Waals surface area contributed by atoms with Gasteiger partial charge in [0.1, 0.15) is 23.5 Å². The predicted octanol–water partition coefficient (Wildman–Crippen LogP) is 2.22. The molecule has 0 saturated heterocycles. The molecule has 23 heavy (non-hydrogen) atoms. The van der Waals surface area contributed by atoms with Gasteiger partial charge >= 0.3 is 6.03 Å². The lowest BCUT2D eigenvalue weighted by molar-refractivity contribution is 0.108. The van der Waals surface area contributed by atoms with E-state index in [1.54, 1.807) is 12.1 Å². The molecule has 1 aromatic heterocycles. The van der Waals surface area contributed by atoms with Crippen LogP contribution < -0.4 is 15.4 Å². The molecule has 7 nitrogen and oxygen atoms in total. The molecule has 0 unspecified atom stereocenters. The Morgan fingerprint density at radius 2 is 2.04 bits per heavy atom. The van der Waals surface area contributed by atoms with E-state index >= 15 is 0 Å². The molecular formula is C15H20N4O3S. The van der Waals surface area contributed by atoms with Crippen LogP contribution in [0.3, 0.4) is 0 Å². The SMILES string of the molecule is CC(C)c1nnc(NC(=O)NC[C@@H](O)COc2ccccc2)s1. The Labute approximate surface area is 138 Å². The lowest BCUT2D eigenvalue weighted by atomic mass is 10.2. The Bertz CT molecular complexity index is 618. The molecule has 0 saturated carbocycles. The molecule has 2 aromatic rings. The lowest BCUT2D eigenvalue weighted by Crippen LogP contribution is -2.37. The maximum absolute atomic E-state index is 11.7. The molecule has 0 spiro atoms. The molecule has 124 valence electrons. The minimum Gasteiger partial charge on any atom is -0.491 e. The third kappa shape index (κ3) is 5.84. The van der Waals surface area contributed by atoms with E-state index in [9.17, 15) is 9.90 Å². The third-order valence-corrected chi connectivity index (χ3v) is 3.98. The summed E-state index contributed by atoms with van der Waals surface area (Å²) in [6.45, 7) is 4.19. The molecule has 2 rings (SSSR count). The summed E-state index contributed by atoms with van der Waals surface area (Å²) in [5.74, 6) is 0.939. The first-order chi connectivity index (χ1) is 11.0. The van der Waals surface area contributed by atoms with Crippen molar-refractivity contribution in [3.05, 3.63) is 35.3 Å². The first kappa shape index (κ1) is 17.2. The molecule has 3 N–H and O–H groups in total. The van der Waals surface area contributed by atoms with Crippen LogP contribution in [0.4, 0.5) is 9.93 Å². The molecule has 0 aliphatic carbocycles. The van der Waals surface area contributed by atoms with E-state index in [-0.39, 0.29) is 19.1 Å². The van der Waals surface area contributed by atoms with Crippen molar-refractivity contribution in [2.45, 2.75) is 25.9 Å². The molecule has 1 aromatic carbocycles. The molecule has 2 amide bonds. The number of carbonyl (C=O) groups is 1. The quantitative estimate of drug-likeness (QED) is 0.720. The summed E-state index contributed by atoms with van der Waals surface area (Å²) in [6.07, 6.45) is -0.804. The van der Waals surface area contributed by atoms with Gasteiger partial charge in [0.25, 0.3) is 0 Å². The highest BCUT2D eigenvalue weighted by molar-refractivity contribution is 7.15. The Morgan fingerprint density at radius 1 is 1.30 bits per heavy atom. The minimum atomic E-state index is -0.804. The van der Waals surface area contributed by atoms with Crippen molar-refractivity contribution in [3.63, 3.8) is 0 Å². The molecule has 1 heterocycles. The van der Waals surface area contributed by atoms with Crippen molar-refractivity contribution in [1.82, 2.24) is 15.5 Å². The zero-order chi connectivity index (χ0) is 16.7. The molecule has 8 heteroatoms. The number of aliphatic hydroxyl groups is 1. The second-order valence-electron chi connectivity index (χ2n) is 5.21. The highest BCUT2D eigenvalue weighted by atomic mass is 32.1. The topological polar surface area (TPSA) is 96.4 Å². The van der Waals surface area contributed by atoms with E-state index in [0.717, 1.165) is 5.01 Å². The van der Waals surface area contributed by atoms with Gasteiger partial charge in [-0.2, -0.15) is 0 Å². The van der Waals surface area contributed by atoms with Crippen LogP contribution in [0.15, 0.2) is 30.3 Å². The van der Waals surface area contributed by atoms with Gasteiger partial charge in [0.15, 0.2) is 0 Å². The van der Waals surface area contributed by atoms with Crippen LogP contribution in [0.5, 0.6) is 5.75 Å². The van der Waals surface area contributed by atoms with E-state index in [4.69, 9.17) is 4.74 Å². The van der Waals surface area contributed by atoms with Crippen molar-refractivity contribution in [1.29, 1.82) is 0 Å². The normalized spacial score (nSPS) is 12.0. The van der Waals surface area contributed by atoms with Crippen LogP contribution in [-0.2, 0) is 0 Å². The van der Waals surface area contributed by atoms with Crippen LogP contribution in [0.2, 0.25) is 0 Å². The average molecular weight is 336 g/mol. The zero-order valence-corrected chi connectivity index (χ0v) is 13.8. The highest BCUT2D eigenvalue weighted by Crippen LogP contribution is 2.22. The average Bonchev–Trinajstić information content (AvgIpc) is 3.00. The molecular weight excluding hydrogens is 316 g/mol. The standard InChI is InChI=1S/C15H20N4O3S/c1-10(2)13-18-19-15(23-13)17-14(21)16-8-11(20)9-22-12-6-4-3-5-7-12/h3-7,10-11,20H,8-9H2,1-2H3,(H2,16,17,19,21)/t11-/m1/s1. The number of aromatic nitrogens is 2. The third-order valence-electron chi connectivity index (χ3n) is 2.84. The molecule has 0 aliphatic heterocycles. The Morgan fingerprint density at radius 3 is 2.70 bits per heavy atom. The Kier molecular flexibility index (Phi) is 6.30. The van der Waals surface area contributed by atoms with Gasteiger partial charge in [-0.1, -0.05) is 43.4 Å². The molecule has 0 aliphatic rings. The van der Waals surface area contributed by atoms with Crippen molar-refractivity contribution in [2.24, 2.45) is 0 Å². The number of para-hydroxylation sites is 1. The van der Waals surface area contributed by atoms with Crippen LogP contribution in [0.25, 0.3) is 0 Å². The largest absolute Gasteiger partial charge is 0.491 e. The summed E-state index contributed by atoms with van der Waals surface area (Å²) in [4.78, 5) is 11.7.